The van der Waals surface area contributed by atoms with E-state index >= 15 is 0 Å². The van der Waals surface area contributed by atoms with Crippen LogP contribution in [0, 0.1) is 0 Å². The summed E-state index contributed by atoms with van der Waals surface area (Å²) in [4.78, 5) is 3.58. The van der Waals surface area contributed by atoms with Crippen molar-refractivity contribution >= 4 is 35.4 Å². The Bertz CT molecular complexity index is 571. The van der Waals surface area contributed by atoms with Gasteiger partial charge in [0.15, 0.2) is 0 Å². The molecule has 0 amide bonds. The molecule has 1 aromatic carbocycles. The number of para-hydroxylation sites is 1. The van der Waals surface area contributed by atoms with Crippen molar-refractivity contribution < 1.29 is 0 Å². The second kappa shape index (κ2) is 10.3. The Labute approximate surface area is 152 Å². The van der Waals surface area contributed by atoms with Crippen LogP contribution in [0.25, 0.3) is 17.0 Å². The van der Waals surface area contributed by atoms with Gasteiger partial charge in [0, 0.05) is 0 Å². The van der Waals surface area contributed by atoms with Crippen molar-refractivity contribution in [2.75, 3.05) is 0 Å². The molecule has 0 atom stereocenters. The zero-order valence-corrected chi connectivity index (χ0v) is 18.8. The number of aromatic amines is 1. The van der Waals surface area contributed by atoms with Gasteiger partial charge in [-0.3, -0.25) is 0 Å². The minimum absolute atomic E-state index is 1.26. The van der Waals surface area contributed by atoms with Crippen LogP contribution in [0.1, 0.15) is 65.0 Å². The molecule has 1 nitrogen and oxygen atoms in total. The summed E-state index contributed by atoms with van der Waals surface area (Å²) in [5, 5.41) is 1.33. The van der Waals surface area contributed by atoms with Gasteiger partial charge >= 0.3 is 153 Å². The van der Waals surface area contributed by atoms with Gasteiger partial charge in [0.25, 0.3) is 0 Å². The van der Waals surface area contributed by atoms with Crippen LogP contribution in [0.15, 0.2) is 34.4 Å². The van der Waals surface area contributed by atoms with Crippen LogP contribution in [0.3, 0.4) is 0 Å². The molecule has 24 heavy (non-hydrogen) atoms. The second-order valence-electron chi connectivity index (χ2n) is 7.32. The number of hydrogen-bond donors (Lipinski definition) is 1. The molecule has 1 heterocycles. The molecule has 1 N–H and O–H groups in total. The fourth-order valence-corrected chi connectivity index (χ4v) is 17.8. The molecule has 0 fully saturated rings. The molecule has 0 spiro atoms. The number of hydrogen-bond acceptors (Lipinski definition) is 0. The standard InChI is InChI=1S/C10H8N.3C4H9.Sn/c1-2-9-7-8-5-3-4-6-10(8)11-9;3*1-3-4-2;/h1-7,11H;3*1,3-4H2,2H3;. The van der Waals surface area contributed by atoms with Crippen LogP contribution >= 0.6 is 0 Å². The van der Waals surface area contributed by atoms with Gasteiger partial charge in [0.2, 0.25) is 0 Å². The molecular weight excluding hydrogens is 397 g/mol. The Hall–Kier alpha value is -0.701. The average Bonchev–Trinajstić information content (AvgIpc) is 3.03. The van der Waals surface area contributed by atoms with Crippen molar-refractivity contribution in [2.45, 2.75) is 72.6 Å². The number of benzene rings is 1. The van der Waals surface area contributed by atoms with Crippen LogP contribution in [0.4, 0.5) is 0 Å². The van der Waals surface area contributed by atoms with Crippen molar-refractivity contribution in [2.24, 2.45) is 0 Å². The molecule has 0 saturated carbocycles. The van der Waals surface area contributed by atoms with Crippen LogP contribution < -0.4 is 0 Å². The molecule has 0 saturated heterocycles. The first-order valence-electron chi connectivity index (χ1n) is 10.00. The number of H-pyrrole nitrogens is 1. The maximum absolute atomic E-state index is 3.58. The first-order valence-corrected chi connectivity index (χ1v) is 17.7. The van der Waals surface area contributed by atoms with Gasteiger partial charge in [-0.1, -0.05) is 0 Å². The number of fused-ring (bicyclic) bond motifs is 1. The maximum atomic E-state index is 3.58. The average molecular weight is 432 g/mol. The molecule has 2 heteroatoms. The normalized spacial score (nSPS) is 12.5. The Morgan fingerprint density at radius 1 is 0.875 bits per heavy atom. The summed E-state index contributed by atoms with van der Waals surface area (Å²) in [6.45, 7) is 7.03. The van der Waals surface area contributed by atoms with E-state index in [9.17, 15) is 0 Å². The van der Waals surface area contributed by atoms with Crippen LogP contribution in [0.5, 0.6) is 0 Å². The fourth-order valence-electron chi connectivity index (χ4n) is 3.66. The summed E-state index contributed by atoms with van der Waals surface area (Å²) in [7, 11) is 0. The van der Waals surface area contributed by atoms with E-state index in [1.165, 1.54) is 55.1 Å². The van der Waals surface area contributed by atoms with Gasteiger partial charge in [0.05, 0.1) is 0 Å². The summed E-state index contributed by atoms with van der Waals surface area (Å²) in [5.74, 6) is 0. The number of unbranched alkanes of at least 4 members (excludes halogenated alkanes) is 3. The predicted octanol–water partition coefficient (Wildman–Crippen LogP) is 7.57. The first-order chi connectivity index (χ1) is 11.7. The van der Waals surface area contributed by atoms with Crippen molar-refractivity contribution in [3.05, 3.63) is 40.1 Å². The fraction of sp³-hybridized carbons (Fsp3) is 0.545. The second-order valence-corrected chi connectivity index (χ2v) is 20.3. The Morgan fingerprint density at radius 2 is 1.46 bits per heavy atom. The summed E-state index contributed by atoms with van der Waals surface area (Å²) in [5.41, 5.74) is 2.55. The third kappa shape index (κ3) is 5.68. The third-order valence-corrected chi connectivity index (χ3v) is 19.3. The Kier molecular flexibility index (Phi) is 8.44. The van der Waals surface area contributed by atoms with E-state index in [2.05, 4.69) is 66.3 Å². The van der Waals surface area contributed by atoms with E-state index in [4.69, 9.17) is 0 Å². The van der Waals surface area contributed by atoms with Gasteiger partial charge in [-0.2, -0.15) is 0 Å². The summed E-state index contributed by atoms with van der Waals surface area (Å²) in [6.07, 6.45) is 10.8. The molecule has 0 unspecified atom stereocenters. The molecule has 0 bridgehead atoms. The first kappa shape index (κ1) is 19.6. The molecule has 0 aliphatic heterocycles. The quantitative estimate of drug-likeness (QED) is 0.353. The molecule has 132 valence electrons. The number of rotatable bonds is 11. The molecular formula is C22H35NSn. The van der Waals surface area contributed by atoms with Gasteiger partial charge < -0.3 is 0 Å². The molecule has 0 aliphatic carbocycles. The summed E-state index contributed by atoms with van der Waals surface area (Å²) < 4.78 is 7.38. The Morgan fingerprint density at radius 3 is 2.00 bits per heavy atom. The predicted molar refractivity (Wildman–Crippen MR) is 112 cm³/mol. The molecule has 0 aliphatic rings. The summed E-state index contributed by atoms with van der Waals surface area (Å²) >= 11 is -2.15. The minimum atomic E-state index is -2.15. The van der Waals surface area contributed by atoms with Gasteiger partial charge in [-0.15, -0.1) is 0 Å². The molecule has 0 radical (unpaired) electrons. The number of aromatic nitrogens is 1. The SMILES string of the molecule is CCC[CH2][Sn](/[CH]=C/c1cc2ccccc2[nH]1)([CH2]CCC)[CH2]CCC. The summed E-state index contributed by atoms with van der Waals surface area (Å²) in [6, 6.07) is 10.9. The van der Waals surface area contributed by atoms with E-state index in [-0.39, 0.29) is 0 Å². The van der Waals surface area contributed by atoms with Crippen LogP contribution in [-0.2, 0) is 0 Å². The van der Waals surface area contributed by atoms with Crippen molar-refractivity contribution in [1.29, 1.82) is 0 Å². The number of nitrogens with one attached hydrogen (secondary N) is 1. The van der Waals surface area contributed by atoms with E-state index in [1.54, 1.807) is 13.3 Å². The van der Waals surface area contributed by atoms with Crippen molar-refractivity contribution in [3.8, 4) is 0 Å². The molecule has 2 aromatic rings. The van der Waals surface area contributed by atoms with E-state index in [0.29, 0.717) is 0 Å². The topological polar surface area (TPSA) is 15.8 Å². The third-order valence-electron chi connectivity index (χ3n) is 5.25. The van der Waals surface area contributed by atoms with E-state index in [0.717, 1.165) is 0 Å². The Balaban J connectivity index is 2.22. The van der Waals surface area contributed by atoms with Crippen molar-refractivity contribution in [3.63, 3.8) is 0 Å². The van der Waals surface area contributed by atoms with Gasteiger partial charge in [-0.05, 0) is 0 Å². The van der Waals surface area contributed by atoms with Gasteiger partial charge in [0.1, 0.15) is 0 Å². The zero-order chi connectivity index (χ0) is 17.3. The monoisotopic (exact) mass is 433 g/mol. The van der Waals surface area contributed by atoms with E-state index in [1.807, 2.05) is 0 Å². The van der Waals surface area contributed by atoms with Crippen LogP contribution in [0.2, 0.25) is 13.3 Å². The zero-order valence-electron chi connectivity index (χ0n) is 15.9. The van der Waals surface area contributed by atoms with Gasteiger partial charge in [-0.25, -0.2) is 0 Å². The van der Waals surface area contributed by atoms with Crippen molar-refractivity contribution in [1.82, 2.24) is 4.98 Å². The molecule has 2 rings (SSSR count). The molecule has 1 aromatic heterocycles. The van der Waals surface area contributed by atoms with Crippen LogP contribution in [-0.4, -0.2) is 23.4 Å². The van der Waals surface area contributed by atoms with E-state index < -0.39 is 18.4 Å².